The highest BCUT2D eigenvalue weighted by Gasteiger charge is 2.22. The number of hydrogen-bond acceptors (Lipinski definition) is 3. The fourth-order valence-corrected chi connectivity index (χ4v) is 2.09. The van der Waals surface area contributed by atoms with Crippen LogP contribution in [0, 0.1) is 6.92 Å². The van der Waals surface area contributed by atoms with Gasteiger partial charge in [-0.1, -0.05) is 6.07 Å². The lowest BCUT2D eigenvalue weighted by molar-refractivity contribution is -0.133. The molecule has 1 aliphatic heterocycles. The van der Waals surface area contributed by atoms with E-state index in [9.17, 15) is 4.79 Å². The average molecular weight is 306 g/mol. The van der Waals surface area contributed by atoms with Gasteiger partial charge in [-0.25, -0.2) is 0 Å². The summed E-state index contributed by atoms with van der Waals surface area (Å²) in [6.45, 7) is 6.61. The van der Waals surface area contributed by atoms with Crippen LogP contribution >= 0.6 is 24.8 Å². The monoisotopic (exact) mass is 305 g/mol. The summed E-state index contributed by atoms with van der Waals surface area (Å²) in [5.41, 5.74) is 1.98. The zero-order valence-corrected chi connectivity index (χ0v) is 12.9. The molecule has 0 radical (unpaired) electrons. The Morgan fingerprint density at radius 3 is 2.79 bits per heavy atom. The quantitative estimate of drug-likeness (QED) is 0.902. The van der Waals surface area contributed by atoms with E-state index in [-0.39, 0.29) is 36.8 Å². The van der Waals surface area contributed by atoms with Gasteiger partial charge in [0.15, 0.2) is 0 Å². The number of hydrogen-bond donors (Lipinski definition) is 1. The summed E-state index contributed by atoms with van der Waals surface area (Å²) >= 11 is 0. The van der Waals surface area contributed by atoms with Crippen molar-refractivity contribution < 1.29 is 4.79 Å². The number of amides is 1. The van der Waals surface area contributed by atoms with E-state index >= 15 is 0 Å². The molecule has 1 aromatic rings. The summed E-state index contributed by atoms with van der Waals surface area (Å²) in [6.07, 6.45) is 2.25. The maximum Gasteiger partial charge on any atom is 0.227 e. The molecular formula is C13H21Cl2N3O. The van der Waals surface area contributed by atoms with Crippen molar-refractivity contribution in [1.29, 1.82) is 0 Å². The Bertz CT molecular complexity index is 397. The summed E-state index contributed by atoms with van der Waals surface area (Å²) in [4.78, 5) is 18.3. The molecule has 1 amide bonds. The first-order chi connectivity index (χ1) is 8.16. The Morgan fingerprint density at radius 1 is 1.47 bits per heavy atom. The molecule has 0 saturated carbocycles. The molecule has 1 fully saturated rings. The lowest BCUT2D eigenvalue weighted by Gasteiger charge is -2.34. The Kier molecular flexibility index (Phi) is 7.99. The maximum atomic E-state index is 12.1. The first kappa shape index (κ1) is 18.2. The van der Waals surface area contributed by atoms with Gasteiger partial charge in [0.2, 0.25) is 5.91 Å². The summed E-state index contributed by atoms with van der Waals surface area (Å²) in [7, 11) is 0. The van der Waals surface area contributed by atoms with Gasteiger partial charge in [0.25, 0.3) is 0 Å². The average Bonchev–Trinajstić information content (AvgIpc) is 2.32. The largest absolute Gasteiger partial charge is 0.337 e. The van der Waals surface area contributed by atoms with Crippen molar-refractivity contribution in [3.63, 3.8) is 0 Å². The van der Waals surface area contributed by atoms with Crippen LogP contribution in [0.4, 0.5) is 0 Å². The summed E-state index contributed by atoms with van der Waals surface area (Å²) in [5.74, 6) is 0.199. The van der Waals surface area contributed by atoms with Gasteiger partial charge >= 0.3 is 0 Å². The molecule has 6 heteroatoms. The number of aromatic nitrogens is 1. The maximum absolute atomic E-state index is 12.1. The van der Waals surface area contributed by atoms with Crippen molar-refractivity contribution in [1.82, 2.24) is 15.2 Å². The molecule has 1 N–H and O–H groups in total. The molecule has 2 rings (SSSR count). The van der Waals surface area contributed by atoms with Crippen LogP contribution in [0.3, 0.4) is 0 Å². The van der Waals surface area contributed by atoms with Gasteiger partial charge in [0.05, 0.1) is 6.42 Å². The number of piperazine rings is 1. The Morgan fingerprint density at radius 2 is 2.21 bits per heavy atom. The number of pyridine rings is 1. The van der Waals surface area contributed by atoms with Crippen LogP contribution in [0.2, 0.25) is 0 Å². The number of aryl methyl sites for hydroxylation is 1. The number of carbonyl (C=O) groups excluding carboxylic acids is 1. The predicted octanol–water partition coefficient (Wildman–Crippen LogP) is 1.60. The first-order valence-corrected chi connectivity index (χ1v) is 6.08. The molecule has 1 atom stereocenters. The summed E-state index contributed by atoms with van der Waals surface area (Å²) in [5, 5.41) is 3.28. The van der Waals surface area contributed by atoms with Crippen molar-refractivity contribution in [2.24, 2.45) is 0 Å². The topological polar surface area (TPSA) is 45.2 Å². The van der Waals surface area contributed by atoms with Gasteiger partial charge in [-0.3, -0.25) is 9.78 Å². The first-order valence-electron chi connectivity index (χ1n) is 6.08. The predicted molar refractivity (Wildman–Crippen MR) is 81.2 cm³/mol. The van der Waals surface area contributed by atoms with Crippen LogP contribution in [0.1, 0.15) is 18.2 Å². The molecule has 0 unspecified atom stereocenters. The normalized spacial score (nSPS) is 18.2. The molecule has 1 aliphatic rings. The molecule has 0 aliphatic carbocycles. The second-order valence-corrected chi connectivity index (χ2v) is 4.62. The molecule has 0 aromatic carbocycles. The Hall–Kier alpha value is -0.840. The number of carbonyl (C=O) groups is 1. The zero-order valence-electron chi connectivity index (χ0n) is 11.3. The Labute approximate surface area is 126 Å². The molecule has 0 spiro atoms. The van der Waals surface area contributed by atoms with Crippen LogP contribution in [0.15, 0.2) is 18.3 Å². The summed E-state index contributed by atoms with van der Waals surface area (Å²) < 4.78 is 0. The minimum atomic E-state index is 0. The van der Waals surface area contributed by atoms with Gasteiger partial charge < -0.3 is 10.2 Å². The SMILES string of the molecule is Cc1ccc(CC(=O)N2CCNC[C@@H]2C)cn1.Cl.Cl. The van der Waals surface area contributed by atoms with E-state index in [0.717, 1.165) is 30.9 Å². The lowest BCUT2D eigenvalue weighted by Crippen LogP contribution is -2.52. The minimum Gasteiger partial charge on any atom is -0.337 e. The van der Waals surface area contributed by atoms with Crippen molar-refractivity contribution in [2.45, 2.75) is 26.3 Å². The fourth-order valence-electron chi connectivity index (χ4n) is 2.09. The van der Waals surface area contributed by atoms with E-state index in [1.54, 1.807) is 6.20 Å². The van der Waals surface area contributed by atoms with Crippen LogP contribution in [-0.2, 0) is 11.2 Å². The third kappa shape index (κ3) is 4.97. The molecule has 108 valence electrons. The van der Waals surface area contributed by atoms with Crippen molar-refractivity contribution in [3.8, 4) is 0 Å². The van der Waals surface area contributed by atoms with Gasteiger partial charge in [0.1, 0.15) is 0 Å². The van der Waals surface area contributed by atoms with E-state index in [0.29, 0.717) is 6.42 Å². The van der Waals surface area contributed by atoms with Crippen molar-refractivity contribution in [2.75, 3.05) is 19.6 Å². The molecule has 1 aromatic heterocycles. The third-order valence-electron chi connectivity index (χ3n) is 3.15. The highest BCUT2D eigenvalue weighted by atomic mass is 35.5. The minimum absolute atomic E-state index is 0. The molecule has 2 heterocycles. The van der Waals surface area contributed by atoms with Crippen LogP contribution in [0.25, 0.3) is 0 Å². The van der Waals surface area contributed by atoms with E-state index < -0.39 is 0 Å². The van der Waals surface area contributed by atoms with Crippen molar-refractivity contribution in [3.05, 3.63) is 29.6 Å². The molecular weight excluding hydrogens is 285 g/mol. The van der Waals surface area contributed by atoms with Gasteiger partial charge in [0, 0.05) is 37.6 Å². The fraction of sp³-hybridized carbons (Fsp3) is 0.538. The van der Waals surface area contributed by atoms with Crippen molar-refractivity contribution >= 4 is 30.7 Å². The van der Waals surface area contributed by atoms with E-state index in [4.69, 9.17) is 0 Å². The number of nitrogens with one attached hydrogen (secondary N) is 1. The number of nitrogens with zero attached hydrogens (tertiary/aromatic N) is 2. The number of rotatable bonds is 2. The Balaban J connectivity index is 0.00000162. The molecule has 19 heavy (non-hydrogen) atoms. The summed E-state index contributed by atoms with van der Waals surface area (Å²) in [6, 6.07) is 4.21. The zero-order chi connectivity index (χ0) is 12.3. The lowest BCUT2D eigenvalue weighted by atomic mass is 10.1. The van der Waals surface area contributed by atoms with Crippen LogP contribution < -0.4 is 5.32 Å². The van der Waals surface area contributed by atoms with Gasteiger partial charge in [-0.2, -0.15) is 0 Å². The van der Waals surface area contributed by atoms with E-state index in [1.165, 1.54) is 0 Å². The second kappa shape index (κ2) is 8.35. The highest BCUT2D eigenvalue weighted by Crippen LogP contribution is 2.07. The highest BCUT2D eigenvalue weighted by molar-refractivity contribution is 5.85. The molecule has 1 saturated heterocycles. The van der Waals surface area contributed by atoms with E-state index in [2.05, 4.69) is 17.2 Å². The second-order valence-electron chi connectivity index (χ2n) is 4.62. The van der Waals surface area contributed by atoms with Gasteiger partial charge in [-0.05, 0) is 25.5 Å². The third-order valence-corrected chi connectivity index (χ3v) is 3.15. The van der Waals surface area contributed by atoms with Crippen LogP contribution in [-0.4, -0.2) is 41.5 Å². The van der Waals surface area contributed by atoms with Gasteiger partial charge in [-0.15, -0.1) is 24.8 Å². The molecule has 4 nitrogen and oxygen atoms in total. The smallest absolute Gasteiger partial charge is 0.227 e. The van der Waals surface area contributed by atoms with E-state index in [1.807, 2.05) is 24.0 Å². The van der Waals surface area contributed by atoms with Crippen LogP contribution in [0.5, 0.6) is 0 Å². The number of halogens is 2. The molecule has 0 bridgehead atoms. The standard InChI is InChI=1S/C13H19N3O.2ClH/c1-10-3-4-12(9-15-10)7-13(17)16-6-5-14-8-11(16)2;;/h3-4,9,11,14H,5-8H2,1-2H3;2*1H/t11-;;/m0../s1.